The molecule has 1 aliphatic rings. The smallest absolute Gasteiger partial charge is 0.126 e. The summed E-state index contributed by atoms with van der Waals surface area (Å²) < 4.78 is 19.7. The van der Waals surface area contributed by atoms with E-state index >= 15 is 0 Å². The molecule has 0 radical (unpaired) electrons. The lowest BCUT2D eigenvalue weighted by Gasteiger charge is -2.31. The van der Waals surface area contributed by atoms with E-state index in [2.05, 4.69) is 6.07 Å². The second kappa shape index (κ2) is 4.91. The quantitative estimate of drug-likeness (QED) is 0.852. The van der Waals surface area contributed by atoms with Crippen molar-refractivity contribution in [3.8, 4) is 5.75 Å². The lowest BCUT2D eigenvalue weighted by molar-refractivity contribution is 0.161. The van der Waals surface area contributed by atoms with Crippen LogP contribution in [0.4, 0.5) is 4.39 Å². The highest BCUT2D eigenvalue weighted by molar-refractivity contribution is 5.42. The largest absolute Gasteiger partial charge is 0.485 e. The number of nitrogens with two attached hydrogens (primary N) is 1. The molecule has 1 aliphatic heterocycles. The molecule has 0 saturated carbocycles. The van der Waals surface area contributed by atoms with Gasteiger partial charge in [0.05, 0.1) is 0 Å². The SMILES string of the molecule is Cc1ccc2c(c1)[C@@H](N)CC(c1ccc(C)c(F)c1)O2. The van der Waals surface area contributed by atoms with Gasteiger partial charge in [-0.2, -0.15) is 0 Å². The molecule has 1 heterocycles. The number of rotatable bonds is 1. The van der Waals surface area contributed by atoms with E-state index in [9.17, 15) is 4.39 Å². The first-order chi connectivity index (χ1) is 9.54. The number of hydrogen-bond acceptors (Lipinski definition) is 2. The van der Waals surface area contributed by atoms with Crippen LogP contribution in [0.15, 0.2) is 36.4 Å². The van der Waals surface area contributed by atoms with Crippen molar-refractivity contribution in [3.05, 3.63) is 64.5 Å². The normalized spacial score (nSPS) is 21.2. The molecule has 2 N–H and O–H groups in total. The summed E-state index contributed by atoms with van der Waals surface area (Å²) in [4.78, 5) is 0. The van der Waals surface area contributed by atoms with Gasteiger partial charge in [-0.15, -0.1) is 0 Å². The predicted octanol–water partition coefficient (Wildman–Crippen LogP) is 3.97. The maximum absolute atomic E-state index is 13.7. The third kappa shape index (κ3) is 2.29. The van der Waals surface area contributed by atoms with Crippen molar-refractivity contribution in [2.75, 3.05) is 0 Å². The number of hydrogen-bond donors (Lipinski definition) is 1. The van der Waals surface area contributed by atoms with Crippen LogP contribution in [0.1, 0.15) is 40.8 Å². The van der Waals surface area contributed by atoms with E-state index in [1.807, 2.05) is 25.1 Å². The van der Waals surface area contributed by atoms with Gasteiger partial charge in [0.25, 0.3) is 0 Å². The fourth-order valence-corrected chi connectivity index (χ4v) is 2.64. The Morgan fingerprint density at radius 3 is 2.70 bits per heavy atom. The van der Waals surface area contributed by atoms with Gasteiger partial charge in [0.2, 0.25) is 0 Å². The van der Waals surface area contributed by atoms with Crippen LogP contribution in [0.3, 0.4) is 0 Å². The first-order valence-electron chi connectivity index (χ1n) is 6.83. The van der Waals surface area contributed by atoms with Gasteiger partial charge in [0, 0.05) is 18.0 Å². The van der Waals surface area contributed by atoms with Gasteiger partial charge in [-0.05, 0) is 37.1 Å². The van der Waals surface area contributed by atoms with Crippen molar-refractivity contribution < 1.29 is 9.13 Å². The Morgan fingerprint density at radius 2 is 1.95 bits per heavy atom. The molecule has 104 valence electrons. The second-order valence-corrected chi connectivity index (χ2v) is 5.50. The van der Waals surface area contributed by atoms with Crippen molar-refractivity contribution >= 4 is 0 Å². The highest BCUT2D eigenvalue weighted by atomic mass is 19.1. The molecule has 1 unspecified atom stereocenters. The average molecular weight is 271 g/mol. The zero-order valence-corrected chi connectivity index (χ0v) is 11.7. The molecule has 2 atom stereocenters. The molecule has 2 aromatic rings. The summed E-state index contributed by atoms with van der Waals surface area (Å²) in [6.07, 6.45) is 0.481. The maximum Gasteiger partial charge on any atom is 0.126 e. The van der Waals surface area contributed by atoms with Gasteiger partial charge in [0.15, 0.2) is 0 Å². The molecular weight excluding hydrogens is 253 g/mol. The van der Waals surface area contributed by atoms with Crippen LogP contribution in [0.25, 0.3) is 0 Å². The van der Waals surface area contributed by atoms with Crippen molar-refractivity contribution in [1.29, 1.82) is 0 Å². The fraction of sp³-hybridized carbons (Fsp3) is 0.294. The number of benzene rings is 2. The lowest BCUT2D eigenvalue weighted by atomic mass is 9.92. The minimum Gasteiger partial charge on any atom is -0.485 e. The van der Waals surface area contributed by atoms with Crippen molar-refractivity contribution in [1.82, 2.24) is 0 Å². The van der Waals surface area contributed by atoms with Crippen LogP contribution in [0, 0.1) is 19.7 Å². The number of aryl methyl sites for hydroxylation is 2. The highest BCUT2D eigenvalue weighted by Gasteiger charge is 2.27. The van der Waals surface area contributed by atoms with Gasteiger partial charge >= 0.3 is 0 Å². The van der Waals surface area contributed by atoms with Gasteiger partial charge in [0.1, 0.15) is 17.7 Å². The minimum atomic E-state index is -0.200. The summed E-state index contributed by atoms with van der Waals surface area (Å²) in [7, 11) is 0. The average Bonchev–Trinajstić information content (AvgIpc) is 2.42. The number of ether oxygens (including phenoxy) is 1. The van der Waals surface area contributed by atoms with Crippen molar-refractivity contribution in [2.24, 2.45) is 5.73 Å². The zero-order chi connectivity index (χ0) is 14.3. The summed E-state index contributed by atoms with van der Waals surface area (Å²) >= 11 is 0. The molecule has 2 aromatic carbocycles. The first kappa shape index (κ1) is 13.1. The maximum atomic E-state index is 13.7. The third-order valence-corrected chi connectivity index (χ3v) is 3.87. The fourth-order valence-electron chi connectivity index (χ4n) is 2.64. The molecule has 0 aliphatic carbocycles. The molecule has 0 aromatic heterocycles. The topological polar surface area (TPSA) is 35.2 Å². The van der Waals surface area contributed by atoms with E-state index < -0.39 is 0 Å². The van der Waals surface area contributed by atoms with E-state index in [0.717, 1.165) is 16.9 Å². The summed E-state index contributed by atoms with van der Waals surface area (Å²) in [5, 5.41) is 0. The first-order valence-corrected chi connectivity index (χ1v) is 6.83. The molecular formula is C17H18FNO. The second-order valence-electron chi connectivity index (χ2n) is 5.50. The molecule has 0 amide bonds. The van der Waals surface area contributed by atoms with Crippen molar-refractivity contribution in [3.63, 3.8) is 0 Å². The summed E-state index contributed by atoms with van der Waals surface area (Å²) in [6.45, 7) is 3.79. The molecule has 3 heteroatoms. The van der Waals surface area contributed by atoms with Gasteiger partial charge in [-0.3, -0.25) is 0 Å². The summed E-state index contributed by atoms with van der Waals surface area (Å²) in [5.41, 5.74) is 9.93. The number of halogens is 1. The lowest BCUT2D eigenvalue weighted by Crippen LogP contribution is -2.24. The highest BCUT2D eigenvalue weighted by Crippen LogP contribution is 2.40. The third-order valence-electron chi connectivity index (χ3n) is 3.87. The monoisotopic (exact) mass is 271 g/mol. The summed E-state index contributed by atoms with van der Waals surface area (Å²) in [5.74, 6) is 0.606. The Kier molecular flexibility index (Phi) is 3.22. The minimum absolute atomic E-state index is 0.0759. The van der Waals surface area contributed by atoms with Gasteiger partial charge < -0.3 is 10.5 Å². The molecule has 0 bridgehead atoms. The van der Waals surface area contributed by atoms with Crippen LogP contribution in [0.5, 0.6) is 5.75 Å². The Balaban J connectivity index is 1.94. The Bertz CT molecular complexity index is 653. The number of fused-ring (bicyclic) bond motifs is 1. The zero-order valence-electron chi connectivity index (χ0n) is 11.7. The van der Waals surface area contributed by atoms with E-state index in [1.54, 1.807) is 19.1 Å². The van der Waals surface area contributed by atoms with Gasteiger partial charge in [-0.25, -0.2) is 4.39 Å². The van der Waals surface area contributed by atoms with E-state index in [1.165, 1.54) is 5.56 Å². The molecule has 0 spiro atoms. The summed E-state index contributed by atoms with van der Waals surface area (Å²) in [6, 6.07) is 11.2. The van der Waals surface area contributed by atoms with Crippen molar-refractivity contribution in [2.45, 2.75) is 32.4 Å². The van der Waals surface area contributed by atoms with Crippen LogP contribution in [-0.4, -0.2) is 0 Å². The van der Waals surface area contributed by atoms with Gasteiger partial charge in [-0.1, -0.05) is 29.8 Å². The van der Waals surface area contributed by atoms with Crippen LogP contribution in [0.2, 0.25) is 0 Å². The van der Waals surface area contributed by atoms with Crippen LogP contribution < -0.4 is 10.5 Å². The standard InChI is InChI=1S/C17H18FNO/c1-10-3-6-16-13(7-10)15(19)9-17(20-16)12-5-4-11(2)14(18)8-12/h3-8,15,17H,9,19H2,1-2H3/t15-,17?/m0/s1. The molecule has 0 fully saturated rings. The Labute approximate surface area is 118 Å². The Hall–Kier alpha value is -1.87. The van der Waals surface area contributed by atoms with Crippen LogP contribution in [-0.2, 0) is 0 Å². The van der Waals surface area contributed by atoms with E-state index in [-0.39, 0.29) is 18.0 Å². The molecule has 2 nitrogen and oxygen atoms in total. The Morgan fingerprint density at radius 1 is 1.15 bits per heavy atom. The van der Waals surface area contributed by atoms with E-state index in [0.29, 0.717) is 12.0 Å². The molecule has 20 heavy (non-hydrogen) atoms. The van der Waals surface area contributed by atoms with Crippen LogP contribution >= 0.6 is 0 Å². The predicted molar refractivity (Wildman–Crippen MR) is 77.2 cm³/mol. The molecule has 3 rings (SSSR count). The molecule has 0 saturated heterocycles. The van der Waals surface area contributed by atoms with E-state index in [4.69, 9.17) is 10.5 Å².